The number of sulfonamides is 1. The Morgan fingerprint density at radius 2 is 1.89 bits per heavy atom. The summed E-state index contributed by atoms with van der Waals surface area (Å²) in [5.41, 5.74) is 0.886. The van der Waals surface area contributed by atoms with Crippen molar-refractivity contribution in [2.75, 3.05) is 6.54 Å². The van der Waals surface area contributed by atoms with Crippen LogP contribution in [0.3, 0.4) is 0 Å². The lowest BCUT2D eigenvalue weighted by Crippen LogP contribution is -2.26. The van der Waals surface area contributed by atoms with Gasteiger partial charge in [0.05, 0.1) is 33.2 Å². The normalized spacial score (nSPS) is 12.0. The minimum absolute atomic E-state index is 0.0365. The van der Waals surface area contributed by atoms with Crippen LogP contribution in [0.15, 0.2) is 63.3 Å². The lowest BCUT2D eigenvalue weighted by Gasteiger charge is -2.08. The van der Waals surface area contributed by atoms with E-state index in [1.165, 1.54) is 18.2 Å². The lowest BCUT2D eigenvalue weighted by atomic mass is 10.2. The summed E-state index contributed by atoms with van der Waals surface area (Å²) in [6.45, 7) is 0.844. The van der Waals surface area contributed by atoms with Crippen molar-refractivity contribution in [2.45, 2.75) is 17.9 Å². The predicted octanol–water partition coefficient (Wildman–Crippen LogP) is 0.935. The molecule has 9 nitrogen and oxygen atoms in total. The number of nitrogens with one attached hydrogen (secondary N) is 3. The number of imidazole rings is 1. The molecule has 0 aliphatic carbocycles. The van der Waals surface area contributed by atoms with Crippen molar-refractivity contribution in [1.82, 2.24) is 24.2 Å². The Morgan fingerprint density at radius 1 is 1.07 bits per heavy atom. The van der Waals surface area contributed by atoms with E-state index in [2.05, 4.69) is 19.7 Å². The van der Waals surface area contributed by atoms with E-state index in [4.69, 9.17) is 0 Å². The van der Waals surface area contributed by atoms with E-state index in [0.29, 0.717) is 13.0 Å². The summed E-state index contributed by atoms with van der Waals surface area (Å²) >= 11 is 0. The van der Waals surface area contributed by atoms with Gasteiger partial charge in [-0.05, 0) is 36.8 Å². The maximum Gasteiger partial charge on any atom is 0.326 e. The number of fused-ring (bicyclic) bond motifs is 2. The van der Waals surface area contributed by atoms with Gasteiger partial charge in [0.25, 0.3) is 5.56 Å². The fraction of sp³-hybridized carbons (Fsp3) is 0.167. The maximum absolute atomic E-state index is 12.5. The Morgan fingerprint density at radius 3 is 2.75 bits per heavy atom. The molecule has 0 saturated heterocycles. The summed E-state index contributed by atoms with van der Waals surface area (Å²) in [6, 6.07) is 11.7. The van der Waals surface area contributed by atoms with Crippen molar-refractivity contribution in [2.24, 2.45) is 0 Å². The van der Waals surface area contributed by atoms with Crippen LogP contribution in [0.5, 0.6) is 0 Å². The Kier molecular flexibility index (Phi) is 4.57. The molecule has 0 saturated carbocycles. The van der Waals surface area contributed by atoms with Crippen molar-refractivity contribution in [3.8, 4) is 0 Å². The molecule has 2 heterocycles. The van der Waals surface area contributed by atoms with E-state index in [9.17, 15) is 18.0 Å². The van der Waals surface area contributed by atoms with Gasteiger partial charge in [-0.3, -0.25) is 9.78 Å². The highest BCUT2D eigenvalue weighted by Crippen LogP contribution is 2.14. The number of hydrogen-bond acceptors (Lipinski definition) is 5. The quantitative estimate of drug-likeness (QED) is 0.415. The molecule has 0 aliphatic rings. The monoisotopic (exact) mass is 399 g/mol. The summed E-state index contributed by atoms with van der Waals surface area (Å²) in [5.74, 6) is 0. The SMILES string of the molecule is O=c1[nH]c(=O)c2cc(S(=O)(=O)NCCCn3cnc4ccccc43)ccc2[nH]1. The second-order valence-corrected chi connectivity index (χ2v) is 8.06. The number of rotatable bonds is 6. The van der Waals surface area contributed by atoms with Gasteiger partial charge >= 0.3 is 5.69 Å². The molecule has 144 valence electrons. The first-order valence-electron chi connectivity index (χ1n) is 8.60. The smallest absolute Gasteiger partial charge is 0.326 e. The van der Waals surface area contributed by atoms with Gasteiger partial charge in [0.2, 0.25) is 10.0 Å². The summed E-state index contributed by atoms with van der Waals surface area (Å²) in [5, 5.41) is 0.104. The average Bonchev–Trinajstić information content (AvgIpc) is 3.08. The lowest BCUT2D eigenvalue weighted by molar-refractivity contribution is 0.572. The third-order valence-electron chi connectivity index (χ3n) is 4.42. The third-order valence-corrected chi connectivity index (χ3v) is 5.88. The number of aryl methyl sites for hydroxylation is 1. The Balaban J connectivity index is 1.46. The molecule has 0 radical (unpaired) electrons. The molecule has 0 aliphatic heterocycles. The molecule has 10 heteroatoms. The molecular weight excluding hydrogens is 382 g/mol. The average molecular weight is 399 g/mol. The van der Waals surface area contributed by atoms with Gasteiger partial charge in [-0.1, -0.05) is 12.1 Å². The van der Waals surface area contributed by atoms with Gasteiger partial charge < -0.3 is 9.55 Å². The molecule has 3 N–H and O–H groups in total. The van der Waals surface area contributed by atoms with E-state index in [1.54, 1.807) is 6.33 Å². The minimum atomic E-state index is -3.78. The van der Waals surface area contributed by atoms with Crippen LogP contribution in [-0.4, -0.2) is 34.5 Å². The summed E-state index contributed by atoms with van der Waals surface area (Å²) in [4.78, 5) is 32.0. The predicted molar refractivity (Wildman–Crippen MR) is 105 cm³/mol. The van der Waals surface area contributed by atoms with Crippen LogP contribution in [-0.2, 0) is 16.6 Å². The number of benzene rings is 2. The number of aromatic nitrogens is 4. The summed E-state index contributed by atoms with van der Waals surface area (Å²) in [7, 11) is -3.78. The van der Waals surface area contributed by atoms with E-state index in [-0.39, 0.29) is 22.3 Å². The molecule has 0 bridgehead atoms. The molecule has 0 spiro atoms. The van der Waals surface area contributed by atoms with Gasteiger partial charge in [-0.15, -0.1) is 0 Å². The maximum atomic E-state index is 12.5. The molecule has 0 amide bonds. The largest absolute Gasteiger partial charge is 0.331 e. The molecule has 4 aromatic rings. The van der Waals surface area contributed by atoms with E-state index >= 15 is 0 Å². The second kappa shape index (κ2) is 7.06. The number of nitrogens with zero attached hydrogens (tertiary/aromatic N) is 2. The van der Waals surface area contributed by atoms with Crippen LogP contribution in [0.2, 0.25) is 0 Å². The van der Waals surface area contributed by atoms with Crippen molar-refractivity contribution in [3.63, 3.8) is 0 Å². The van der Waals surface area contributed by atoms with E-state index in [0.717, 1.165) is 11.0 Å². The van der Waals surface area contributed by atoms with Crippen LogP contribution in [0.1, 0.15) is 6.42 Å². The first-order chi connectivity index (χ1) is 13.4. The van der Waals surface area contributed by atoms with Crippen LogP contribution < -0.4 is 16.0 Å². The minimum Gasteiger partial charge on any atom is -0.331 e. The number of H-pyrrole nitrogens is 2. The number of hydrogen-bond donors (Lipinski definition) is 3. The zero-order valence-electron chi connectivity index (χ0n) is 14.7. The molecule has 4 rings (SSSR count). The molecule has 2 aromatic carbocycles. The van der Waals surface area contributed by atoms with E-state index in [1.807, 2.05) is 28.8 Å². The Hall–Kier alpha value is -3.24. The number of para-hydroxylation sites is 2. The second-order valence-electron chi connectivity index (χ2n) is 6.29. The van der Waals surface area contributed by atoms with Crippen LogP contribution in [0, 0.1) is 0 Å². The summed E-state index contributed by atoms with van der Waals surface area (Å²) in [6.07, 6.45) is 2.30. The van der Waals surface area contributed by atoms with Crippen molar-refractivity contribution in [1.29, 1.82) is 0 Å². The molecule has 0 unspecified atom stereocenters. The third kappa shape index (κ3) is 3.47. The van der Waals surface area contributed by atoms with Crippen LogP contribution in [0.25, 0.3) is 21.9 Å². The molecular formula is C18H17N5O4S. The van der Waals surface area contributed by atoms with E-state index < -0.39 is 21.3 Å². The van der Waals surface area contributed by atoms with Gasteiger partial charge in [0.1, 0.15) is 0 Å². The first kappa shape index (κ1) is 18.1. The highest BCUT2D eigenvalue weighted by molar-refractivity contribution is 7.89. The van der Waals surface area contributed by atoms with Gasteiger partial charge in [-0.2, -0.15) is 0 Å². The van der Waals surface area contributed by atoms with Crippen molar-refractivity contribution >= 4 is 32.0 Å². The van der Waals surface area contributed by atoms with Crippen molar-refractivity contribution in [3.05, 3.63) is 69.6 Å². The van der Waals surface area contributed by atoms with Crippen LogP contribution in [0.4, 0.5) is 0 Å². The molecule has 28 heavy (non-hydrogen) atoms. The highest BCUT2D eigenvalue weighted by Gasteiger charge is 2.15. The zero-order valence-corrected chi connectivity index (χ0v) is 15.5. The highest BCUT2D eigenvalue weighted by atomic mass is 32.2. The Labute approximate surface area is 159 Å². The van der Waals surface area contributed by atoms with Gasteiger partial charge in [-0.25, -0.2) is 22.9 Å². The zero-order chi connectivity index (χ0) is 19.7. The Bertz CT molecular complexity index is 1380. The fourth-order valence-electron chi connectivity index (χ4n) is 3.04. The topological polar surface area (TPSA) is 130 Å². The van der Waals surface area contributed by atoms with Crippen molar-refractivity contribution < 1.29 is 8.42 Å². The molecule has 2 aromatic heterocycles. The fourth-order valence-corrected chi connectivity index (χ4v) is 4.14. The number of aromatic amines is 2. The van der Waals surface area contributed by atoms with Crippen LogP contribution >= 0.6 is 0 Å². The van der Waals surface area contributed by atoms with Gasteiger partial charge in [0, 0.05) is 13.1 Å². The summed E-state index contributed by atoms with van der Waals surface area (Å²) < 4.78 is 29.5. The first-order valence-corrected chi connectivity index (χ1v) is 10.1. The van der Waals surface area contributed by atoms with Gasteiger partial charge in [0.15, 0.2) is 0 Å². The molecule has 0 fully saturated rings. The molecule has 0 atom stereocenters. The standard InChI is InChI=1S/C18H17N5O4S/c24-17-13-10-12(6-7-14(13)21-18(25)22-17)28(26,27)20-8-3-9-23-11-19-15-4-1-2-5-16(15)23/h1-2,4-7,10-11,20H,3,8-9H2,(H2,21,22,24,25).